The number of thioether (sulfide) groups is 1. The van der Waals surface area contributed by atoms with Crippen molar-refractivity contribution in [3.8, 4) is 17.3 Å². The van der Waals surface area contributed by atoms with E-state index >= 15 is 0 Å². The second-order valence-corrected chi connectivity index (χ2v) is 9.00. The summed E-state index contributed by atoms with van der Waals surface area (Å²) >= 11 is 0.874. The molecule has 0 atom stereocenters. The Morgan fingerprint density at radius 3 is 2.77 bits per heavy atom. The second-order valence-electron chi connectivity index (χ2n) is 8.01. The number of hydrogen-bond acceptors (Lipinski definition) is 7. The number of pyridine rings is 1. The summed E-state index contributed by atoms with van der Waals surface area (Å²) in [5.74, 6) is 1.31. The molecular weight excluding hydrogens is 468 g/mol. The molecule has 0 radical (unpaired) electrons. The zero-order chi connectivity index (χ0) is 24.5. The Labute approximate surface area is 205 Å². The Morgan fingerprint density at radius 2 is 1.97 bits per heavy atom. The molecule has 0 bridgehead atoms. The van der Waals surface area contributed by atoms with Crippen LogP contribution in [0.4, 0.5) is 4.79 Å². The molecule has 35 heavy (non-hydrogen) atoms. The second kappa shape index (κ2) is 9.30. The summed E-state index contributed by atoms with van der Waals surface area (Å²) in [5.41, 5.74) is 2.89. The number of nitrogens with zero attached hydrogens (tertiary/aromatic N) is 3. The molecule has 3 amide bonds. The maximum Gasteiger partial charge on any atom is 0.293 e. The van der Waals surface area contributed by atoms with Gasteiger partial charge in [0.05, 0.1) is 10.5 Å². The molecule has 0 unspecified atom stereocenters. The molecule has 4 heterocycles. The Morgan fingerprint density at radius 1 is 1.14 bits per heavy atom. The zero-order valence-corrected chi connectivity index (χ0v) is 19.9. The summed E-state index contributed by atoms with van der Waals surface area (Å²) < 4.78 is 12.6. The molecule has 1 N–H and O–H groups in total. The van der Waals surface area contributed by atoms with Gasteiger partial charge in [0.1, 0.15) is 5.82 Å². The molecule has 178 valence electrons. The van der Waals surface area contributed by atoms with E-state index in [9.17, 15) is 14.4 Å². The molecule has 1 aromatic carbocycles. The van der Waals surface area contributed by atoms with Crippen LogP contribution in [0.1, 0.15) is 27.3 Å². The van der Waals surface area contributed by atoms with Gasteiger partial charge in [0.25, 0.3) is 17.1 Å². The fourth-order valence-electron chi connectivity index (χ4n) is 4.05. The van der Waals surface area contributed by atoms with Crippen LogP contribution in [0.15, 0.2) is 53.6 Å². The Hall–Kier alpha value is -4.05. The molecule has 5 rings (SSSR count). The SMILES string of the molecule is Cc1cc(C(=O)NCCN2C(=O)S/C(=C\c3ccc4c(c3)OCO4)C2=O)c(C)n1-c1ccccn1. The number of amides is 3. The molecule has 1 saturated heterocycles. The monoisotopic (exact) mass is 490 g/mol. The Bertz CT molecular complexity index is 1370. The predicted molar refractivity (Wildman–Crippen MR) is 131 cm³/mol. The quantitative estimate of drug-likeness (QED) is 0.526. The van der Waals surface area contributed by atoms with E-state index in [4.69, 9.17) is 9.47 Å². The van der Waals surface area contributed by atoms with Crippen LogP contribution in [-0.4, -0.2) is 51.4 Å². The lowest BCUT2D eigenvalue weighted by Crippen LogP contribution is -2.37. The van der Waals surface area contributed by atoms with Crippen molar-refractivity contribution in [3.63, 3.8) is 0 Å². The van der Waals surface area contributed by atoms with Crippen molar-refractivity contribution in [3.05, 3.63) is 76.1 Å². The van der Waals surface area contributed by atoms with Gasteiger partial charge < -0.3 is 19.4 Å². The molecule has 2 aromatic heterocycles. The van der Waals surface area contributed by atoms with Gasteiger partial charge in [0.15, 0.2) is 11.5 Å². The van der Waals surface area contributed by atoms with Gasteiger partial charge in [-0.05, 0) is 67.6 Å². The highest BCUT2D eigenvalue weighted by molar-refractivity contribution is 8.18. The van der Waals surface area contributed by atoms with Crippen molar-refractivity contribution in [1.82, 2.24) is 19.8 Å². The number of ether oxygens (including phenoxy) is 2. The number of benzene rings is 1. The summed E-state index contributed by atoms with van der Waals surface area (Å²) in [6, 6.07) is 12.7. The van der Waals surface area contributed by atoms with E-state index in [0.717, 1.165) is 39.4 Å². The number of nitrogens with one attached hydrogen (secondary N) is 1. The molecule has 2 aliphatic heterocycles. The Balaban J connectivity index is 1.22. The highest BCUT2D eigenvalue weighted by atomic mass is 32.2. The summed E-state index contributed by atoms with van der Waals surface area (Å²) in [7, 11) is 0. The van der Waals surface area contributed by atoms with Gasteiger partial charge in [0.2, 0.25) is 6.79 Å². The van der Waals surface area contributed by atoms with E-state index in [1.807, 2.05) is 36.6 Å². The first-order valence-corrected chi connectivity index (χ1v) is 11.8. The number of carbonyl (C=O) groups is 3. The first-order valence-electron chi connectivity index (χ1n) is 11.0. The van der Waals surface area contributed by atoms with Crippen molar-refractivity contribution in [2.75, 3.05) is 19.9 Å². The van der Waals surface area contributed by atoms with E-state index < -0.39 is 0 Å². The fraction of sp³-hybridized carbons (Fsp3) is 0.200. The van der Waals surface area contributed by atoms with E-state index in [1.54, 1.807) is 36.5 Å². The number of aromatic nitrogens is 2. The predicted octanol–water partition coefficient (Wildman–Crippen LogP) is 3.68. The fourth-order valence-corrected chi connectivity index (χ4v) is 4.92. The van der Waals surface area contributed by atoms with Crippen LogP contribution in [0.3, 0.4) is 0 Å². The lowest BCUT2D eigenvalue weighted by molar-refractivity contribution is -0.122. The first-order chi connectivity index (χ1) is 16.9. The normalized spacial score (nSPS) is 15.8. The van der Waals surface area contributed by atoms with Crippen molar-refractivity contribution >= 4 is 34.9 Å². The minimum atomic E-state index is -0.389. The zero-order valence-electron chi connectivity index (χ0n) is 19.1. The first kappa shape index (κ1) is 22.7. The number of fused-ring (bicyclic) bond motifs is 1. The smallest absolute Gasteiger partial charge is 0.293 e. The standard InChI is InChI=1S/C25H22N4O5S/c1-15-11-18(16(2)29(15)22-5-3-4-8-26-22)23(30)27-9-10-28-24(31)21(35-25(28)32)13-17-6-7-19-20(12-17)34-14-33-19/h3-8,11-13H,9-10,14H2,1-2H3,(H,27,30)/b21-13-. The van der Waals surface area contributed by atoms with Crippen LogP contribution in [0.2, 0.25) is 0 Å². The number of carbonyl (C=O) groups excluding carboxylic acids is 3. The van der Waals surface area contributed by atoms with Gasteiger partial charge >= 0.3 is 0 Å². The van der Waals surface area contributed by atoms with Crippen LogP contribution in [0.25, 0.3) is 11.9 Å². The third-order valence-corrected chi connectivity index (χ3v) is 6.65. The van der Waals surface area contributed by atoms with E-state index in [-0.39, 0.29) is 36.9 Å². The largest absolute Gasteiger partial charge is 0.454 e. The minimum absolute atomic E-state index is 0.0772. The van der Waals surface area contributed by atoms with Gasteiger partial charge in [-0.25, -0.2) is 4.98 Å². The molecule has 9 nitrogen and oxygen atoms in total. The number of aryl methyl sites for hydroxylation is 1. The van der Waals surface area contributed by atoms with Gasteiger partial charge in [-0.3, -0.25) is 19.3 Å². The highest BCUT2D eigenvalue weighted by Crippen LogP contribution is 2.36. The maximum atomic E-state index is 12.8. The van der Waals surface area contributed by atoms with E-state index in [0.29, 0.717) is 22.0 Å². The molecule has 0 saturated carbocycles. The number of imide groups is 1. The molecule has 0 spiro atoms. The molecular formula is C25H22N4O5S. The van der Waals surface area contributed by atoms with Crippen molar-refractivity contribution in [2.24, 2.45) is 0 Å². The van der Waals surface area contributed by atoms with Gasteiger partial charge in [-0.2, -0.15) is 0 Å². The third-order valence-electron chi connectivity index (χ3n) is 5.74. The molecule has 2 aliphatic rings. The Kier molecular flexibility index (Phi) is 6.04. The lowest BCUT2D eigenvalue weighted by Gasteiger charge is -2.13. The van der Waals surface area contributed by atoms with E-state index in [1.165, 1.54) is 0 Å². The van der Waals surface area contributed by atoms with Crippen LogP contribution in [0, 0.1) is 13.8 Å². The van der Waals surface area contributed by atoms with Crippen molar-refractivity contribution < 1.29 is 23.9 Å². The molecule has 0 aliphatic carbocycles. The van der Waals surface area contributed by atoms with E-state index in [2.05, 4.69) is 10.3 Å². The lowest BCUT2D eigenvalue weighted by atomic mass is 10.2. The average Bonchev–Trinajstić information content (AvgIpc) is 3.51. The molecule has 3 aromatic rings. The van der Waals surface area contributed by atoms with Crippen molar-refractivity contribution in [2.45, 2.75) is 13.8 Å². The highest BCUT2D eigenvalue weighted by Gasteiger charge is 2.35. The van der Waals surface area contributed by atoms with Crippen LogP contribution >= 0.6 is 11.8 Å². The summed E-state index contributed by atoms with van der Waals surface area (Å²) in [6.07, 6.45) is 3.35. The summed E-state index contributed by atoms with van der Waals surface area (Å²) in [5, 5.41) is 2.44. The van der Waals surface area contributed by atoms with Crippen LogP contribution in [-0.2, 0) is 4.79 Å². The minimum Gasteiger partial charge on any atom is -0.454 e. The number of hydrogen-bond donors (Lipinski definition) is 1. The van der Waals surface area contributed by atoms with Gasteiger partial charge in [-0.1, -0.05) is 12.1 Å². The summed E-state index contributed by atoms with van der Waals surface area (Å²) in [4.78, 5) is 43.9. The number of rotatable bonds is 6. The van der Waals surface area contributed by atoms with Crippen LogP contribution < -0.4 is 14.8 Å². The topological polar surface area (TPSA) is 103 Å². The third kappa shape index (κ3) is 4.40. The average molecular weight is 491 g/mol. The van der Waals surface area contributed by atoms with Crippen molar-refractivity contribution in [1.29, 1.82) is 0 Å². The summed E-state index contributed by atoms with van der Waals surface area (Å²) in [6.45, 7) is 4.14. The molecule has 1 fully saturated rings. The molecule has 10 heteroatoms. The maximum absolute atomic E-state index is 12.8. The van der Waals surface area contributed by atoms with Gasteiger partial charge in [0, 0.05) is 30.7 Å². The van der Waals surface area contributed by atoms with Gasteiger partial charge in [-0.15, -0.1) is 0 Å². The van der Waals surface area contributed by atoms with Crippen LogP contribution in [0.5, 0.6) is 11.5 Å².